The van der Waals surface area contributed by atoms with Crippen LogP contribution in [0.25, 0.3) is 0 Å². The molecule has 2 rings (SSSR count). The Balaban J connectivity index is 1.99. The first-order valence-electron chi connectivity index (χ1n) is 8.55. The minimum atomic E-state index is -4.38. The Morgan fingerprint density at radius 1 is 1.40 bits per heavy atom. The third-order valence-electron chi connectivity index (χ3n) is 4.01. The maximum atomic E-state index is 12.2. The average Bonchev–Trinajstić information content (AvgIpc) is 2.57. The number of piperidine rings is 1. The second kappa shape index (κ2) is 8.92. The van der Waals surface area contributed by atoms with E-state index in [1.54, 1.807) is 6.07 Å². The summed E-state index contributed by atoms with van der Waals surface area (Å²) >= 11 is 0. The predicted octanol–water partition coefficient (Wildman–Crippen LogP) is 3.22. The number of halogens is 3. The molecule has 1 fully saturated rings. The quantitative estimate of drug-likeness (QED) is 0.649. The standard InChI is InChI=1S/C17H25F3N4O/c1-3-21-16(24-8-5-13(2)6-9-24)23-11-14-4-7-22-15(10-14)25-12-17(18,19)20/h4,7,10,13H,3,5-6,8-9,11-12H2,1-2H3,(H,21,23). The van der Waals surface area contributed by atoms with Crippen LogP contribution in [0.5, 0.6) is 5.88 Å². The molecule has 0 saturated carbocycles. The van der Waals surface area contributed by atoms with Crippen LogP contribution in [0.2, 0.25) is 0 Å². The van der Waals surface area contributed by atoms with E-state index < -0.39 is 12.8 Å². The third kappa shape index (κ3) is 6.80. The van der Waals surface area contributed by atoms with Crippen LogP contribution in [0.3, 0.4) is 0 Å². The molecule has 1 aromatic heterocycles. The average molecular weight is 358 g/mol. The molecule has 0 aliphatic carbocycles. The zero-order valence-corrected chi connectivity index (χ0v) is 14.6. The highest BCUT2D eigenvalue weighted by atomic mass is 19.4. The van der Waals surface area contributed by atoms with E-state index in [2.05, 4.69) is 31.9 Å². The van der Waals surface area contributed by atoms with Crippen LogP contribution in [-0.4, -0.2) is 48.3 Å². The zero-order valence-electron chi connectivity index (χ0n) is 14.6. The van der Waals surface area contributed by atoms with Gasteiger partial charge in [-0.25, -0.2) is 9.98 Å². The molecule has 25 heavy (non-hydrogen) atoms. The molecule has 5 nitrogen and oxygen atoms in total. The minimum absolute atomic E-state index is 0.0400. The van der Waals surface area contributed by atoms with Crippen molar-refractivity contribution in [2.75, 3.05) is 26.2 Å². The fourth-order valence-corrected chi connectivity index (χ4v) is 2.60. The van der Waals surface area contributed by atoms with E-state index in [9.17, 15) is 13.2 Å². The lowest BCUT2D eigenvalue weighted by atomic mass is 10.00. The van der Waals surface area contributed by atoms with Crippen LogP contribution in [0.1, 0.15) is 32.3 Å². The number of guanidine groups is 1. The number of hydrogen-bond acceptors (Lipinski definition) is 3. The van der Waals surface area contributed by atoms with Crippen LogP contribution in [0.15, 0.2) is 23.3 Å². The molecule has 0 spiro atoms. The number of aliphatic imine (C=N–C) groups is 1. The molecule has 0 radical (unpaired) electrons. The van der Waals surface area contributed by atoms with Crippen molar-refractivity contribution in [3.8, 4) is 5.88 Å². The van der Waals surface area contributed by atoms with E-state index in [4.69, 9.17) is 0 Å². The molecule has 0 atom stereocenters. The Morgan fingerprint density at radius 3 is 2.76 bits per heavy atom. The van der Waals surface area contributed by atoms with Crippen LogP contribution < -0.4 is 10.1 Å². The van der Waals surface area contributed by atoms with Gasteiger partial charge in [-0.1, -0.05) is 6.92 Å². The summed E-state index contributed by atoms with van der Waals surface area (Å²) in [4.78, 5) is 10.6. The van der Waals surface area contributed by atoms with E-state index in [0.29, 0.717) is 6.54 Å². The Morgan fingerprint density at radius 2 is 2.12 bits per heavy atom. The summed E-state index contributed by atoms with van der Waals surface area (Å²) < 4.78 is 41.4. The highest BCUT2D eigenvalue weighted by Gasteiger charge is 2.28. The monoisotopic (exact) mass is 358 g/mol. The Labute approximate surface area is 146 Å². The molecule has 1 aliphatic rings. The van der Waals surface area contributed by atoms with E-state index in [-0.39, 0.29) is 5.88 Å². The first-order valence-corrected chi connectivity index (χ1v) is 8.55. The molecular weight excluding hydrogens is 333 g/mol. The van der Waals surface area contributed by atoms with Gasteiger partial charge in [0, 0.05) is 31.9 Å². The molecule has 1 aliphatic heterocycles. The van der Waals surface area contributed by atoms with Gasteiger partial charge in [-0.2, -0.15) is 13.2 Å². The second-order valence-electron chi connectivity index (χ2n) is 6.25. The molecule has 0 aromatic carbocycles. The third-order valence-corrected chi connectivity index (χ3v) is 4.01. The summed E-state index contributed by atoms with van der Waals surface area (Å²) in [6.45, 7) is 5.97. The lowest BCUT2D eigenvalue weighted by molar-refractivity contribution is -0.154. The Kier molecular flexibility index (Phi) is 6.90. The van der Waals surface area contributed by atoms with Crippen molar-refractivity contribution in [1.29, 1.82) is 0 Å². The summed E-state index contributed by atoms with van der Waals surface area (Å²) in [6, 6.07) is 3.23. The van der Waals surface area contributed by atoms with Gasteiger partial charge in [-0.3, -0.25) is 0 Å². The van der Waals surface area contributed by atoms with Crippen molar-refractivity contribution in [3.63, 3.8) is 0 Å². The first kappa shape index (κ1) is 19.3. The molecule has 0 amide bonds. The van der Waals surface area contributed by atoms with Crippen molar-refractivity contribution in [1.82, 2.24) is 15.2 Å². The summed E-state index contributed by atoms with van der Waals surface area (Å²) in [5.74, 6) is 1.53. The number of pyridine rings is 1. The summed E-state index contributed by atoms with van der Waals surface area (Å²) in [6.07, 6.45) is -0.671. The smallest absolute Gasteiger partial charge is 0.422 e. The normalized spacial score (nSPS) is 16.8. The fraction of sp³-hybridized carbons (Fsp3) is 0.647. The van der Waals surface area contributed by atoms with Crippen molar-refractivity contribution < 1.29 is 17.9 Å². The lowest BCUT2D eigenvalue weighted by Crippen LogP contribution is -2.45. The van der Waals surface area contributed by atoms with Gasteiger partial charge < -0.3 is 15.0 Å². The summed E-state index contributed by atoms with van der Waals surface area (Å²) in [5, 5.41) is 3.28. The van der Waals surface area contributed by atoms with E-state index in [1.165, 1.54) is 12.3 Å². The van der Waals surface area contributed by atoms with Crippen molar-refractivity contribution >= 4 is 5.96 Å². The number of likely N-dealkylation sites (tertiary alicyclic amines) is 1. The van der Waals surface area contributed by atoms with Gasteiger partial charge in [0.1, 0.15) is 0 Å². The van der Waals surface area contributed by atoms with Gasteiger partial charge in [0.25, 0.3) is 0 Å². The zero-order chi connectivity index (χ0) is 18.3. The van der Waals surface area contributed by atoms with Gasteiger partial charge in [0.2, 0.25) is 5.88 Å². The van der Waals surface area contributed by atoms with E-state index in [0.717, 1.165) is 49.9 Å². The first-order chi connectivity index (χ1) is 11.9. The molecule has 1 N–H and O–H groups in total. The molecule has 1 aromatic rings. The predicted molar refractivity (Wildman–Crippen MR) is 90.6 cm³/mol. The second-order valence-corrected chi connectivity index (χ2v) is 6.25. The van der Waals surface area contributed by atoms with Gasteiger partial charge in [-0.15, -0.1) is 0 Å². The largest absolute Gasteiger partial charge is 0.468 e. The maximum Gasteiger partial charge on any atom is 0.422 e. The Bertz CT molecular complexity index is 569. The number of alkyl halides is 3. The highest BCUT2D eigenvalue weighted by molar-refractivity contribution is 5.80. The van der Waals surface area contributed by atoms with Crippen LogP contribution >= 0.6 is 0 Å². The summed E-state index contributed by atoms with van der Waals surface area (Å²) in [5.41, 5.74) is 0.757. The molecule has 140 valence electrons. The SMILES string of the molecule is CCNC(=NCc1ccnc(OCC(F)(F)F)c1)N1CCC(C)CC1. The van der Waals surface area contributed by atoms with Crippen molar-refractivity contribution in [2.24, 2.45) is 10.9 Å². The van der Waals surface area contributed by atoms with E-state index in [1.807, 2.05) is 6.92 Å². The summed E-state index contributed by atoms with van der Waals surface area (Å²) in [7, 11) is 0. The number of ether oxygens (including phenoxy) is 1. The van der Waals surface area contributed by atoms with Gasteiger partial charge in [0.15, 0.2) is 12.6 Å². The number of hydrogen-bond donors (Lipinski definition) is 1. The van der Waals surface area contributed by atoms with E-state index >= 15 is 0 Å². The molecular formula is C17H25F3N4O. The van der Waals surface area contributed by atoms with Gasteiger partial charge >= 0.3 is 6.18 Å². The number of nitrogens with zero attached hydrogens (tertiary/aromatic N) is 3. The van der Waals surface area contributed by atoms with Crippen molar-refractivity contribution in [3.05, 3.63) is 23.9 Å². The fourth-order valence-electron chi connectivity index (χ4n) is 2.60. The van der Waals surface area contributed by atoms with Crippen LogP contribution in [-0.2, 0) is 6.54 Å². The lowest BCUT2D eigenvalue weighted by Gasteiger charge is -2.33. The highest BCUT2D eigenvalue weighted by Crippen LogP contribution is 2.18. The van der Waals surface area contributed by atoms with Crippen molar-refractivity contribution in [2.45, 2.75) is 39.4 Å². The topological polar surface area (TPSA) is 49.8 Å². The van der Waals surface area contributed by atoms with Gasteiger partial charge in [0.05, 0.1) is 6.54 Å². The number of nitrogens with one attached hydrogen (secondary N) is 1. The number of rotatable bonds is 5. The number of aromatic nitrogens is 1. The molecule has 1 saturated heterocycles. The molecule has 0 unspecified atom stereocenters. The maximum absolute atomic E-state index is 12.2. The van der Waals surface area contributed by atoms with Crippen LogP contribution in [0, 0.1) is 5.92 Å². The Hall–Kier alpha value is -1.99. The van der Waals surface area contributed by atoms with Gasteiger partial charge in [-0.05, 0) is 37.3 Å². The molecule has 0 bridgehead atoms. The molecule has 2 heterocycles. The molecule has 8 heteroatoms. The minimum Gasteiger partial charge on any atom is -0.468 e. The van der Waals surface area contributed by atoms with Crippen LogP contribution in [0.4, 0.5) is 13.2 Å².